The third kappa shape index (κ3) is 2.47. The van der Waals surface area contributed by atoms with E-state index in [4.69, 9.17) is 10.1 Å². The molecule has 2 rings (SSSR count). The van der Waals surface area contributed by atoms with E-state index in [1.807, 2.05) is 0 Å². The van der Waals surface area contributed by atoms with Crippen LogP contribution >= 0.6 is 0 Å². The van der Waals surface area contributed by atoms with Crippen LogP contribution in [0.15, 0.2) is 0 Å². The number of rotatable bonds is 2. The van der Waals surface area contributed by atoms with Crippen LogP contribution in [0.25, 0.3) is 0 Å². The molecule has 80 valence electrons. The van der Waals surface area contributed by atoms with E-state index in [1.54, 1.807) is 0 Å². The molecular formula is C11H20N2O. The molecule has 0 radical (unpaired) electrons. The lowest BCUT2D eigenvalue weighted by Gasteiger charge is -2.29. The van der Waals surface area contributed by atoms with Gasteiger partial charge in [-0.05, 0) is 31.6 Å². The summed E-state index contributed by atoms with van der Waals surface area (Å²) >= 11 is 0. The molecular weight excluding hydrogens is 176 g/mol. The van der Waals surface area contributed by atoms with Gasteiger partial charge in [0, 0.05) is 32.7 Å². The third-order valence-corrected chi connectivity index (χ3v) is 3.24. The Balaban J connectivity index is 1.75. The maximum absolute atomic E-state index is 8.02. The maximum atomic E-state index is 8.02. The Morgan fingerprint density at radius 2 is 2.07 bits per heavy atom. The number of hydrogen-bond donors (Lipinski definition) is 1. The zero-order chi connectivity index (χ0) is 9.80. The number of piperidine rings is 1. The fourth-order valence-electron chi connectivity index (χ4n) is 2.31. The van der Waals surface area contributed by atoms with Gasteiger partial charge >= 0.3 is 0 Å². The molecule has 0 aromatic carbocycles. The van der Waals surface area contributed by atoms with Gasteiger partial charge in [-0.3, -0.25) is 5.41 Å². The normalized spacial score (nSPS) is 28.0. The quantitative estimate of drug-likeness (QED) is 0.540. The van der Waals surface area contributed by atoms with Crippen LogP contribution in [0.4, 0.5) is 0 Å². The number of amidine groups is 1. The molecule has 2 aliphatic heterocycles. The summed E-state index contributed by atoms with van der Waals surface area (Å²) in [6.45, 7) is 3.98. The first-order valence-electron chi connectivity index (χ1n) is 5.76. The average molecular weight is 196 g/mol. The van der Waals surface area contributed by atoms with E-state index in [0.717, 1.165) is 45.0 Å². The van der Waals surface area contributed by atoms with Gasteiger partial charge < -0.3 is 9.64 Å². The average Bonchev–Trinajstić information content (AvgIpc) is 2.72. The monoisotopic (exact) mass is 196 g/mol. The lowest BCUT2D eigenvalue weighted by atomic mass is 10.0. The van der Waals surface area contributed by atoms with Crippen LogP contribution in [0.5, 0.6) is 0 Å². The number of likely N-dealkylation sites (tertiary alicyclic amines) is 1. The Morgan fingerprint density at radius 3 is 2.71 bits per heavy atom. The van der Waals surface area contributed by atoms with Gasteiger partial charge in [0.1, 0.15) is 0 Å². The maximum Gasteiger partial charge on any atom is 0.0961 e. The molecule has 2 saturated heterocycles. The van der Waals surface area contributed by atoms with Crippen molar-refractivity contribution >= 4 is 5.84 Å². The van der Waals surface area contributed by atoms with Crippen molar-refractivity contribution in [2.75, 3.05) is 26.3 Å². The predicted octanol–water partition coefficient (Wildman–Crippen LogP) is 1.88. The number of nitrogens with zero attached hydrogens (tertiary/aromatic N) is 1. The highest BCUT2D eigenvalue weighted by Crippen LogP contribution is 2.19. The van der Waals surface area contributed by atoms with Gasteiger partial charge in [0.05, 0.1) is 5.84 Å². The van der Waals surface area contributed by atoms with E-state index >= 15 is 0 Å². The van der Waals surface area contributed by atoms with Crippen molar-refractivity contribution in [3.05, 3.63) is 0 Å². The number of nitrogens with one attached hydrogen (secondary N) is 1. The Labute approximate surface area is 85.9 Å². The highest BCUT2D eigenvalue weighted by atomic mass is 16.5. The summed E-state index contributed by atoms with van der Waals surface area (Å²) in [5.74, 6) is 1.46. The molecule has 2 heterocycles. The largest absolute Gasteiger partial charge is 0.381 e. The first-order valence-corrected chi connectivity index (χ1v) is 5.76. The molecule has 0 aromatic heterocycles. The van der Waals surface area contributed by atoms with Crippen molar-refractivity contribution in [2.24, 2.45) is 5.92 Å². The molecule has 0 amide bonds. The van der Waals surface area contributed by atoms with Gasteiger partial charge in [0.15, 0.2) is 0 Å². The Hall–Kier alpha value is -0.570. The third-order valence-electron chi connectivity index (χ3n) is 3.24. The molecule has 3 heteroatoms. The molecule has 14 heavy (non-hydrogen) atoms. The highest BCUT2D eigenvalue weighted by molar-refractivity contribution is 5.79. The number of hydrogen-bond acceptors (Lipinski definition) is 2. The van der Waals surface area contributed by atoms with E-state index in [-0.39, 0.29) is 0 Å². The molecule has 0 aromatic rings. The number of ether oxygens (including phenoxy) is 1. The van der Waals surface area contributed by atoms with Crippen LogP contribution < -0.4 is 0 Å². The van der Waals surface area contributed by atoms with Crippen LogP contribution in [0.2, 0.25) is 0 Å². The lowest BCUT2D eigenvalue weighted by Crippen LogP contribution is -2.36. The summed E-state index contributed by atoms with van der Waals surface area (Å²) in [6.07, 6.45) is 5.96. The zero-order valence-corrected chi connectivity index (χ0v) is 8.80. The van der Waals surface area contributed by atoms with Crippen molar-refractivity contribution in [1.82, 2.24) is 4.90 Å². The van der Waals surface area contributed by atoms with E-state index in [9.17, 15) is 0 Å². The highest BCUT2D eigenvalue weighted by Gasteiger charge is 2.21. The fraction of sp³-hybridized carbons (Fsp3) is 0.909. The van der Waals surface area contributed by atoms with Gasteiger partial charge in [0.2, 0.25) is 0 Å². The van der Waals surface area contributed by atoms with Crippen LogP contribution in [0.3, 0.4) is 0 Å². The minimum absolute atomic E-state index is 0.615. The molecule has 0 aliphatic carbocycles. The van der Waals surface area contributed by atoms with Gasteiger partial charge in [-0.15, -0.1) is 0 Å². The summed E-state index contributed by atoms with van der Waals surface area (Å²) in [5, 5.41) is 8.02. The van der Waals surface area contributed by atoms with Crippen molar-refractivity contribution in [2.45, 2.75) is 32.1 Å². The summed E-state index contributed by atoms with van der Waals surface area (Å²) in [5.41, 5.74) is 0. The smallest absolute Gasteiger partial charge is 0.0961 e. The van der Waals surface area contributed by atoms with E-state index in [1.165, 1.54) is 19.3 Å². The summed E-state index contributed by atoms with van der Waals surface area (Å²) in [6, 6.07) is 0. The standard InChI is InChI=1S/C11H20N2O/c12-11(8-10-4-7-14-9-10)13-5-2-1-3-6-13/h10,12H,1-9H2. The Bertz CT molecular complexity index is 193. The second-order valence-electron chi connectivity index (χ2n) is 4.43. The van der Waals surface area contributed by atoms with Gasteiger partial charge in [-0.1, -0.05) is 0 Å². The zero-order valence-electron chi connectivity index (χ0n) is 8.80. The summed E-state index contributed by atoms with van der Waals surface area (Å²) < 4.78 is 5.33. The van der Waals surface area contributed by atoms with E-state index in [2.05, 4.69) is 4.90 Å². The molecule has 2 fully saturated rings. The predicted molar refractivity (Wildman–Crippen MR) is 56.7 cm³/mol. The molecule has 0 spiro atoms. The molecule has 3 nitrogen and oxygen atoms in total. The second-order valence-corrected chi connectivity index (χ2v) is 4.43. The Kier molecular flexibility index (Phi) is 3.40. The Morgan fingerprint density at radius 1 is 1.29 bits per heavy atom. The molecule has 0 saturated carbocycles. The lowest BCUT2D eigenvalue weighted by molar-refractivity contribution is 0.186. The minimum atomic E-state index is 0.615. The summed E-state index contributed by atoms with van der Waals surface area (Å²) in [7, 11) is 0. The van der Waals surface area contributed by atoms with Crippen LogP contribution in [-0.2, 0) is 4.74 Å². The van der Waals surface area contributed by atoms with Gasteiger partial charge in [0.25, 0.3) is 0 Å². The fourth-order valence-corrected chi connectivity index (χ4v) is 2.31. The first-order chi connectivity index (χ1) is 6.86. The van der Waals surface area contributed by atoms with Gasteiger partial charge in [-0.2, -0.15) is 0 Å². The molecule has 0 bridgehead atoms. The minimum Gasteiger partial charge on any atom is -0.381 e. The van der Waals surface area contributed by atoms with Crippen molar-refractivity contribution < 1.29 is 4.74 Å². The molecule has 1 atom stereocenters. The first kappa shape index (κ1) is 9.97. The van der Waals surface area contributed by atoms with Crippen molar-refractivity contribution in [1.29, 1.82) is 5.41 Å². The van der Waals surface area contributed by atoms with E-state index < -0.39 is 0 Å². The van der Waals surface area contributed by atoms with E-state index in [0.29, 0.717) is 5.92 Å². The second kappa shape index (κ2) is 4.78. The van der Waals surface area contributed by atoms with Crippen LogP contribution in [0, 0.1) is 11.3 Å². The molecule has 1 unspecified atom stereocenters. The van der Waals surface area contributed by atoms with Crippen molar-refractivity contribution in [3.63, 3.8) is 0 Å². The molecule has 2 aliphatic rings. The van der Waals surface area contributed by atoms with Crippen LogP contribution in [0.1, 0.15) is 32.1 Å². The molecule has 1 N–H and O–H groups in total. The van der Waals surface area contributed by atoms with Crippen molar-refractivity contribution in [3.8, 4) is 0 Å². The topological polar surface area (TPSA) is 36.3 Å². The SMILES string of the molecule is N=C(CC1CCOC1)N1CCCCC1. The van der Waals surface area contributed by atoms with Gasteiger partial charge in [-0.25, -0.2) is 0 Å². The van der Waals surface area contributed by atoms with Crippen LogP contribution in [-0.4, -0.2) is 37.0 Å². The summed E-state index contributed by atoms with van der Waals surface area (Å²) in [4.78, 5) is 2.25.